The Kier molecular flexibility index (Phi) is 12.1. The van der Waals surface area contributed by atoms with Crippen molar-refractivity contribution in [1.82, 2.24) is 20.4 Å². The van der Waals surface area contributed by atoms with E-state index in [0.29, 0.717) is 18.1 Å². The molecule has 0 unspecified atom stereocenters. The number of nitrogens with zero attached hydrogens (tertiary/aromatic N) is 3. The van der Waals surface area contributed by atoms with Crippen LogP contribution in [0.25, 0.3) is 0 Å². The van der Waals surface area contributed by atoms with E-state index in [-0.39, 0.29) is 0 Å². The van der Waals surface area contributed by atoms with Crippen LogP contribution >= 0.6 is 0 Å². The fourth-order valence-corrected chi connectivity index (χ4v) is 2.59. The predicted octanol–water partition coefficient (Wildman–Crippen LogP) is 2.39. The first-order valence-electron chi connectivity index (χ1n) is 9.20. The normalized spacial score (nSPS) is 13.0. The standard InChI is InChI=1S/C18H41N5/c1-15(2)22(8)13-10-9-11-20-18(19-7)21-12-14-23(16(3)4)17(5)6/h15-17H,9-14H2,1-8H3,(H2,19,20,21). The van der Waals surface area contributed by atoms with Crippen molar-refractivity contribution in [2.45, 2.75) is 72.5 Å². The van der Waals surface area contributed by atoms with E-state index in [1.54, 1.807) is 0 Å². The molecule has 0 saturated carbocycles. The number of aliphatic imine (C=N–C) groups is 1. The third-order valence-electron chi connectivity index (χ3n) is 4.32. The second-order valence-corrected chi connectivity index (χ2v) is 7.13. The summed E-state index contributed by atoms with van der Waals surface area (Å²) < 4.78 is 0. The first-order valence-corrected chi connectivity index (χ1v) is 9.20. The van der Waals surface area contributed by atoms with Crippen molar-refractivity contribution in [3.8, 4) is 0 Å². The van der Waals surface area contributed by atoms with Crippen molar-refractivity contribution in [2.24, 2.45) is 4.99 Å². The van der Waals surface area contributed by atoms with Crippen molar-refractivity contribution in [3.63, 3.8) is 0 Å². The molecule has 0 aliphatic carbocycles. The molecule has 0 heterocycles. The first kappa shape index (κ1) is 22.2. The van der Waals surface area contributed by atoms with Gasteiger partial charge in [0.15, 0.2) is 5.96 Å². The number of hydrogen-bond acceptors (Lipinski definition) is 3. The van der Waals surface area contributed by atoms with Crippen LogP contribution < -0.4 is 10.6 Å². The van der Waals surface area contributed by atoms with Gasteiger partial charge < -0.3 is 15.5 Å². The molecule has 0 amide bonds. The minimum absolute atomic E-state index is 0.574. The van der Waals surface area contributed by atoms with Gasteiger partial charge in [-0.2, -0.15) is 0 Å². The van der Waals surface area contributed by atoms with Gasteiger partial charge in [-0.25, -0.2) is 0 Å². The van der Waals surface area contributed by atoms with Gasteiger partial charge in [0.1, 0.15) is 0 Å². The monoisotopic (exact) mass is 327 g/mol. The van der Waals surface area contributed by atoms with E-state index in [0.717, 1.165) is 32.1 Å². The maximum Gasteiger partial charge on any atom is 0.191 e. The van der Waals surface area contributed by atoms with E-state index in [1.165, 1.54) is 12.8 Å². The van der Waals surface area contributed by atoms with Gasteiger partial charge in [-0.15, -0.1) is 0 Å². The number of hydrogen-bond donors (Lipinski definition) is 2. The molecule has 0 bridgehead atoms. The van der Waals surface area contributed by atoms with Gasteiger partial charge in [-0.05, 0) is 68.0 Å². The van der Waals surface area contributed by atoms with Crippen molar-refractivity contribution in [2.75, 3.05) is 40.3 Å². The molecule has 0 saturated heterocycles. The minimum Gasteiger partial charge on any atom is -0.356 e. The molecule has 0 aliphatic heterocycles. The Balaban J connectivity index is 3.87. The van der Waals surface area contributed by atoms with Crippen LogP contribution in [0.4, 0.5) is 0 Å². The fourth-order valence-electron chi connectivity index (χ4n) is 2.59. The smallest absolute Gasteiger partial charge is 0.191 e. The van der Waals surface area contributed by atoms with Crippen molar-refractivity contribution < 1.29 is 0 Å². The van der Waals surface area contributed by atoms with Gasteiger partial charge in [-0.3, -0.25) is 9.89 Å². The Hall–Kier alpha value is -0.810. The van der Waals surface area contributed by atoms with E-state index < -0.39 is 0 Å². The zero-order chi connectivity index (χ0) is 17.8. The number of rotatable bonds is 11. The molecule has 0 fully saturated rings. The molecule has 5 nitrogen and oxygen atoms in total. The van der Waals surface area contributed by atoms with Crippen LogP contribution in [-0.4, -0.2) is 74.2 Å². The van der Waals surface area contributed by atoms with E-state index in [4.69, 9.17) is 0 Å². The Morgan fingerprint density at radius 1 is 0.826 bits per heavy atom. The van der Waals surface area contributed by atoms with Crippen molar-refractivity contribution in [1.29, 1.82) is 0 Å². The highest BCUT2D eigenvalue weighted by molar-refractivity contribution is 5.79. The summed E-state index contributed by atoms with van der Waals surface area (Å²) in [6.07, 6.45) is 2.38. The summed E-state index contributed by atoms with van der Waals surface area (Å²) in [5, 5.41) is 6.82. The van der Waals surface area contributed by atoms with Gasteiger partial charge in [0, 0.05) is 44.8 Å². The molecule has 0 aromatic rings. The molecular formula is C18H41N5. The highest BCUT2D eigenvalue weighted by atomic mass is 15.2. The van der Waals surface area contributed by atoms with E-state index >= 15 is 0 Å². The van der Waals surface area contributed by atoms with Crippen LogP contribution in [0.3, 0.4) is 0 Å². The Morgan fingerprint density at radius 2 is 1.39 bits per heavy atom. The van der Waals surface area contributed by atoms with Crippen molar-refractivity contribution in [3.05, 3.63) is 0 Å². The Bertz CT molecular complexity index is 305. The fraction of sp³-hybridized carbons (Fsp3) is 0.944. The largest absolute Gasteiger partial charge is 0.356 e. The lowest BCUT2D eigenvalue weighted by molar-refractivity contribution is 0.178. The number of unbranched alkanes of at least 4 members (excludes halogenated alkanes) is 1. The summed E-state index contributed by atoms with van der Waals surface area (Å²) in [4.78, 5) is 9.18. The summed E-state index contributed by atoms with van der Waals surface area (Å²) in [6.45, 7) is 17.6. The molecule has 0 aliphatic rings. The number of guanidine groups is 1. The average Bonchev–Trinajstić information content (AvgIpc) is 2.47. The molecule has 5 heteroatoms. The minimum atomic E-state index is 0.574. The lowest BCUT2D eigenvalue weighted by Crippen LogP contribution is -2.45. The zero-order valence-corrected chi connectivity index (χ0v) is 16.8. The quantitative estimate of drug-likeness (QED) is 0.347. The van der Waals surface area contributed by atoms with E-state index in [9.17, 15) is 0 Å². The van der Waals surface area contributed by atoms with Crippen LogP contribution in [-0.2, 0) is 0 Å². The molecule has 138 valence electrons. The van der Waals surface area contributed by atoms with Gasteiger partial charge >= 0.3 is 0 Å². The van der Waals surface area contributed by atoms with Gasteiger partial charge in [0.05, 0.1) is 0 Å². The molecule has 23 heavy (non-hydrogen) atoms. The average molecular weight is 328 g/mol. The summed E-state index contributed by atoms with van der Waals surface area (Å²) >= 11 is 0. The van der Waals surface area contributed by atoms with Gasteiger partial charge in [0.25, 0.3) is 0 Å². The molecule has 0 aromatic carbocycles. The Morgan fingerprint density at radius 3 is 1.87 bits per heavy atom. The molecule has 0 aromatic heterocycles. The second kappa shape index (κ2) is 12.6. The van der Waals surface area contributed by atoms with Crippen LogP contribution in [0.1, 0.15) is 54.4 Å². The third-order valence-corrected chi connectivity index (χ3v) is 4.32. The molecular weight excluding hydrogens is 286 g/mol. The second-order valence-electron chi connectivity index (χ2n) is 7.13. The van der Waals surface area contributed by atoms with Gasteiger partial charge in [-0.1, -0.05) is 0 Å². The topological polar surface area (TPSA) is 42.9 Å². The number of nitrogens with one attached hydrogen (secondary N) is 2. The summed E-state index contributed by atoms with van der Waals surface area (Å²) in [7, 11) is 4.03. The summed E-state index contributed by atoms with van der Waals surface area (Å²) in [5.74, 6) is 0.912. The van der Waals surface area contributed by atoms with E-state index in [2.05, 4.69) is 74.0 Å². The predicted molar refractivity (Wildman–Crippen MR) is 103 cm³/mol. The molecule has 0 rings (SSSR count). The highest BCUT2D eigenvalue weighted by Crippen LogP contribution is 2.03. The van der Waals surface area contributed by atoms with Gasteiger partial charge in [0.2, 0.25) is 0 Å². The molecule has 0 spiro atoms. The van der Waals surface area contributed by atoms with Crippen LogP contribution in [0.15, 0.2) is 4.99 Å². The molecule has 2 N–H and O–H groups in total. The van der Waals surface area contributed by atoms with Crippen LogP contribution in [0.5, 0.6) is 0 Å². The molecule has 0 atom stereocenters. The maximum atomic E-state index is 4.30. The molecule has 0 radical (unpaired) electrons. The van der Waals surface area contributed by atoms with Crippen LogP contribution in [0, 0.1) is 0 Å². The third kappa shape index (κ3) is 10.6. The van der Waals surface area contributed by atoms with Crippen molar-refractivity contribution >= 4 is 5.96 Å². The highest BCUT2D eigenvalue weighted by Gasteiger charge is 2.12. The van der Waals surface area contributed by atoms with Crippen LogP contribution in [0.2, 0.25) is 0 Å². The van der Waals surface area contributed by atoms with E-state index in [1.807, 2.05) is 7.05 Å². The lowest BCUT2D eigenvalue weighted by atomic mass is 10.2. The first-order chi connectivity index (χ1) is 10.8. The Labute approximate surface area is 144 Å². The SMILES string of the molecule is CN=C(NCCCCN(C)C(C)C)NCCN(C(C)C)C(C)C. The summed E-state index contributed by atoms with van der Waals surface area (Å²) in [6, 6.07) is 1.77. The lowest BCUT2D eigenvalue weighted by Gasteiger charge is -2.30. The maximum absolute atomic E-state index is 4.30. The zero-order valence-electron chi connectivity index (χ0n) is 16.8. The summed E-state index contributed by atoms with van der Waals surface area (Å²) in [5.41, 5.74) is 0.